The number of hydrogen-bond donors (Lipinski definition) is 1. The number of fused-ring (bicyclic) bond motifs is 3. The van der Waals surface area contributed by atoms with Gasteiger partial charge in [-0.25, -0.2) is 0 Å². The van der Waals surface area contributed by atoms with Crippen LogP contribution in [0.15, 0.2) is 24.3 Å². The van der Waals surface area contributed by atoms with Gasteiger partial charge in [-0.2, -0.15) is 0 Å². The molecule has 2 aliphatic heterocycles. The van der Waals surface area contributed by atoms with Gasteiger partial charge in [0.1, 0.15) is 5.56 Å². The molecule has 0 saturated carbocycles. The maximum atomic E-state index is 13.0. The summed E-state index contributed by atoms with van der Waals surface area (Å²) in [5.74, 6) is 1.34. The maximum absolute atomic E-state index is 13.0. The fourth-order valence-corrected chi connectivity index (χ4v) is 4.38. The Balaban J connectivity index is 0.00000225. The molecule has 5 heteroatoms. The molecule has 1 amide bonds. The van der Waals surface area contributed by atoms with Gasteiger partial charge in [0.15, 0.2) is 0 Å². The van der Waals surface area contributed by atoms with Gasteiger partial charge in [0.2, 0.25) is 5.88 Å². The van der Waals surface area contributed by atoms with Crippen molar-refractivity contribution in [3.63, 3.8) is 0 Å². The molecule has 1 fully saturated rings. The average molecular weight is 386 g/mol. The minimum atomic E-state index is 0. The number of aryl methyl sites for hydroxylation is 1. The number of aromatic nitrogens is 1. The van der Waals surface area contributed by atoms with Crippen molar-refractivity contribution in [2.75, 3.05) is 32.8 Å². The van der Waals surface area contributed by atoms with E-state index in [1.165, 1.54) is 32.2 Å². The summed E-state index contributed by atoms with van der Waals surface area (Å²) in [5, 5.41) is 4.21. The van der Waals surface area contributed by atoms with E-state index < -0.39 is 0 Å². The smallest absolute Gasteiger partial charge is 0.257 e. The lowest BCUT2D eigenvalue weighted by Gasteiger charge is -2.31. The Morgan fingerprint density at radius 2 is 2.00 bits per heavy atom. The van der Waals surface area contributed by atoms with Crippen LogP contribution < -0.4 is 10.1 Å². The van der Waals surface area contributed by atoms with Gasteiger partial charge in [0.05, 0.1) is 12.1 Å². The molecule has 1 aromatic heterocycles. The van der Waals surface area contributed by atoms with Crippen LogP contribution in [0.2, 0.25) is 0 Å². The molecule has 0 atom stereocenters. The van der Waals surface area contributed by atoms with E-state index in [-0.39, 0.29) is 13.3 Å². The van der Waals surface area contributed by atoms with Gasteiger partial charge in [-0.15, -0.1) is 0 Å². The number of nitrogens with one attached hydrogen (secondary N) is 1. The minimum Gasteiger partial charge on any atom is -0.478 e. The van der Waals surface area contributed by atoms with Gasteiger partial charge in [-0.1, -0.05) is 39.0 Å². The van der Waals surface area contributed by atoms with Crippen LogP contribution >= 0.6 is 0 Å². The molecule has 28 heavy (non-hydrogen) atoms. The molecule has 4 rings (SSSR count). The zero-order chi connectivity index (χ0) is 18.6. The maximum Gasteiger partial charge on any atom is 0.257 e. The van der Waals surface area contributed by atoms with Crippen LogP contribution in [0.3, 0.4) is 0 Å². The van der Waals surface area contributed by atoms with Crippen molar-refractivity contribution >= 4 is 16.8 Å². The van der Waals surface area contributed by atoms with Gasteiger partial charge >= 0.3 is 0 Å². The van der Waals surface area contributed by atoms with E-state index in [1.807, 2.05) is 18.2 Å². The number of nitrogens with zero attached hydrogens (tertiary/aromatic N) is 2. The summed E-state index contributed by atoms with van der Waals surface area (Å²) in [7, 11) is 0. The van der Waals surface area contributed by atoms with Crippen molar-refractivity contribution in [2.45, 2.75) is 53.0 Å². The number of benzene rings is 1. The lowest BCUT2D eigenvalue weighted by Crippen LogP contribution is -2.39. The summed E-state index contributed by atoms with van der Waals surface area (Å²) in [6.07, 6.45) is 5.88. The summed E-state index contributed by atoms with van der Waals surface area (Å²) in [6.45, 7) is 8.15. The van der Waals surface area contributed by atoms with Gasteiger partial charge < -0.3 is 19.5 Å². The lowest BCUT2D eigenvalue weighted by molar-refractivity contribution is 0.0931. The summed E-state index contributed by atoms with van der Waals surface area (Å²) >= 11 is 0. The number of ether oxygens (including phenoxy) is 1. The second-order valence-corrected chi connectivity index (χ2v) is 7.90. The van der Waals surface area contributed by atoms with Crippen LogP contribution in [0.25, 0.3) is 10.9 Å². The number of rotatable bonds is 6. The van der Waals surface area contributed by atoms with E-state index in [0.29, 0.717) is 18.1 Å². The van der Waals surface area contributed by atoms with Crippen molar-refractivity contribution in [3.05, 3.63) is 29.8 Å². The van der Waals surface area contributed by atoms with Crippen LogP contribution in [-0.2, 0) is 6.54 Å². The SMILES string of the molecule is C.CCCCN1CCC(CNC(=O)c2c3n(c4ccccc24)CCCO3)CC1. The highest BCUT2D eigenvalue weighted by Gasteiger charge is 2.26. The Morgan fingerprint density at radius 1 is 1.21 bits per heavy atom. The van der Waals surface area contributed by atoms with Crippen molar-refractivity contribution in [1.82, 2.24) is 14.8 Å². The number of amides is 1. The quantitative estimate of drug-likeness (QED) is 0.806. The molecule has 5 nitrogen and oxygen atoms in total. The molecule has 1 N–H and O–H groups in total. The summed E-state index contributed by atoms with van der Waals surface area (Å²) in [4.78, 5) is 15.6. The fourth-order valence-electron chi connectivity index (χ4n) is 4.38. The standard InChI is InChI=1S/C22H31N3O2.CH4/c1-2-3-11-24-13-9-17(10-14-24)16-23-21(26)20-18-7-4-5-8-19(18)25-12-6-15-27-22(20)25;/h4-5,7-8,17H,2-3,6,9-16H2,1H3,(H,23,26);1H4. The first-order valence-corrected chi connectivity index (χ1v) is 10.5. The van der Waals surface area contributed by atoms with Crippen molar-refractivity contribution in [3.8, 4) is 5.88 Å². The third-order valence-corrected chi connectivity index (χ3v) is 6.00. The topological polar surface area (TPSA) is 46.5 Å². The molecule has 1 aromatic carbocycles. The number of unbranched alkanes of at least 4 members (excludes halogenated alkanes) is 1. The largest absolute Gasteiger partial charge is 0.478 e. The number of carbonyl (C=O) groups is 1. The van der Waals surface area contributed by atoms with Crippen LogP contribution in [0.5, 0.6) is 5.88 Å². The number of para-hydroxylation sites is 1. The molecular formula is C23H35N3O2. The molecule has 1 saturated heterocycles. The number of piperidine rings is 1. The fraction of sp³-hybridized carbons (Fsp3) is 0.609. The third-order valence-electron chi connectivity index (χ3n) is 6.00. The average Bonchev–Trinajstić information content (AvgIpc) is 3.06. The molecule has 0 spiro atoms. The Kier molecular flexibility index (Phi) is 7.00. The minimum absolute atomic E-state index is 0. The van der Waals surface area contributed by atoms with Crippen molar-refractivity contribution in [1.29, 1.82) is 0 Å². The van der Waals surface area contributed by atoms with E-state index in [1.54, 1.807) is 0 Å². The molecule has 0 bridgehead atoms. The first-order valence-electron chi connectivity index (χ1n) is 10.5. The van der Waals surface area contributed by atoms with Crippen LogP contribution in [0.4, 0.5) is 0 Å². The predicted octanol–water partition coefficient (Wildman–Crippen LogP) is 4.30. The molecular weight excluding hydrogens is 350 g/mol. The summed E-state index contributed by atoms with van der Waals surface area (Å²) in [5.41, 5.74) is 1.81. The van der Waals surface area contributed by atoms with E-state index >= 15 is 0 Å². The third kappa shape index (κ3) is 4.19. The number of hydrogen-bond acceptors (Lipinski definition) is 3. The van der Waals surface area contributed by atoms with Crippen LogP contribution in [0, 0.1) is 5.92 Å². The van der Waals surface area contributed by atoms with Gasteiger partial charge in [0, 0.05) is 18.5 Å². The predicted molar refractivity (Wildman–Crippen MR) is 115 cm³/mol. The summed E-state index contributed by atoms with van der Waals surface area (Å²) < 4.78 is 8.05. The highest BCUT2D eigenvalue weighted by molar-refractivity contribution is 6.09. The normalized spacial score (nSPS) is 17.6. The Bertz CT molecular complexity index is 790. The molecule has 154 valence electrons. The first kappa shape index (κ1) is 20.7. The Labute approximate surface area is 169 Å². The number of likely N-dealkylation sites (tertiary alicyclic amines) is 1. The van der Waals surface area contributed by atoms with E-state index in [4.69, 9.17) is 4.74 Å². The first-order chi connectivity index (χ1) is 13.3. The zero-order valence-electron chi connectivity index (χ0n) is 16.4. The molecule has 2 aromatic rings. The molecule has 2 aliphatic rings. The summed E-state index contributed by atoms with van der Waals surface area (Å²) in [6, 6.07) is 8.14. The van der Waals surface area contributed by atoms with Gasteiger partial charge in [-0.05, 0) is 57.3 Å². The molecule has 0 aliphatic carbocycles. The van der Waals surface area contributed by atoms with E-state index in [0.717, 1.165) is 49.4 Å². The zero-order valence-corrected chi connectivity index (χ0v) is 16.4. The highest BCUT2D eigenvalue weighted by atomic mass is 16.5. The Hall–Kier alpha value is -2.01. The van der Waals surface area contributed by atoms with E-state index in [2.05, 4.69) is 27.8 Å². The van der Waals surface area contributed by atoms with E-state index in [9.17, 15) is 4.79 Å². The molecule has 0 unspecified atom stereocenters. The second-order valence-electron chi connectivity index (χ2n) is 7.90. The molecule has 3 heterocycles. The molecule has 0 radical (unpaired) electrons. The van der Waals surface area contributed by atoms with Gasteiger partial charge in [-0.3, -0.25) is 4.79 Å². The van der Waals surface area contributed by atoms with Crippen molar-refractivity contribution in [2.24, 2.45) is 5.92 Å². The Morgan fingerprint density at radius 3 is 2.79 bits per heavy atom. The number of carbonyl (C=O) groups excluding carboxylic acids is 1. The van der Waals surface area contributed by atoms with Gasteiger partial charge in [0.25, 0.3) is 5.91 Å². The highest BCUT2D eigenvalue weighted by Crippen LogP contribution is 2.34. The van der Waals surface area contributed by atoms with Crippen LogP contribution in [0.1, 0.15) is 56.8 Å². The van der Waals surface area contributed by atoms with Crippen LogP contribution in [-0.4, -0.2) is 48.2 Å². The second kappa shape index (κ2) is 9.46. The monoisotopic (exact) mass is 385 g/mol. The lowest BCUT2D eigenvalue weighted by atomic mass is 9.96. The van der Waals surface area contributed by atoms with Crippen molar-refractivity contribution < 1.29 is 9.53 Å².